The zero-order chi connectivity index (χ0) is 25.0. The Morgan fingerprint density at radius 1 is 0.829 bits per heavy atom. The fraction of sp³-hybridized carbons (Fsp3) is 0.125. The number of nitrogens with one attached hydrogen (secondary N) is 1. The number of nitrogens with zero attached hydrogens (tertiary/aromatic N) is 3. The van der Waals surface area contributed by atoms with E-state index >= 15 is 0 Å². The van der Waals surface area contributed by atoms with Crippen LogP contribution >= 0.6 is 11.3 Å². The van der Waals surface area contributed by atoms with E-state index in [0.29, 0.717) is 17.0 Å². The Balaban J connectivity index is 1.55. The van der Waals surface area contributed by atoms with E-state index in [1.807, 2.05) is 30.3 Å². The minimum Gasteiger partial charge on any atom is -0.339 e. The lowest BCUT2D eigenvalue weighted by Gasteiger charge is -2.18. The molecule has 0 radical (unpaired) electrons. The lowest BCUT2D eigenvalue weighted by atomic mass is 10.1. The van der Waals surface area contributed by atoms with Crippen molar-refractivity contribution in [2.45, 2.75) is 4.21 Å². The maximum Gasteiger partial charge on any atom is 0.273 e. The Hall–Kier alpha value is -3.41. The summed E-state index contributed by atoms with van der Waals surface area (Å²) in [6.45, 7) is 0. The van der Waals surface area contributed by atoms with Crippen LogP contribution in [-0.4, -0.2) is 47.2 Å². The van der Waals surface area contributed by atoms with E-state index in [1.165, 1.54) is 27.0 Å². The number of benzene rings is 2. The van der Waals surface area contributed by atoms with Crippen LogP contribution in [0.25, 0.3) is 33.1 Å². The van der Waals surface area contributed by atoms with Gasteiger partial charge < -0.3 is 4.98 Å². The van der Waals surface area contributed by atoms with Crippen LogP contribution in [0.1, 0.15) is 0 Å². The number of pyridine rings is 1. The highest BCUT2D eigenvalue weighted by Crippen LogP contribution is 2.33. The minimum absolute atomic E-state index is 0.285. The highest BCUT2D eigenvalue weighted by molar-refractivity contribution is 7.94. The molecule has 0 saturated heterocycles. The largest absolute Gasteiger partial charge is 0.339 e. The van der Waals surface area contributed by atoms with Crippen LogP contribution in [0.15, 0.2) is 76.4 Å². The van der Waals surface area contributed by atoms with Gasteiger partial charge in [-0.05, 0) is 53.4 Å². The van der Waals surface area contributed by atoms with Crippen LogP contribution < -0.4 is 8.61 Å². The number of thiophene rings is 1. The summed E-state index contributed by atoms with van der Waals surface area (Å²) in [6, 6.07) is 18.0. The molecule has 0 aliphatic rings. The first-order chi connectivity index (χ1) is 16.6. The van der Waals surface area contributed by atoms with Gasteiger partial charge in [-0.1, -0.05) is 18.2 Å². The van der Waals surface area contributed by atoms with Crippen molar-refractivity contribution >= 4 is 64.7 Å². The van der Waals surface area contributed by atoms with Gasteiger partial charge in [-0.3, -0.25) is 8.61 Å². The molecule has 2 aromatic carbocycles. The Labute approximate surface area is 207 Å². The number of rotatable bonds is 6. The first-order valence-electron chi connectivity index (χ1n) is 10.5. The third kappa shape index (κ3) is 4.15. The summed E-state index contributed by atoms with van der Waals surface area (Å²) in [5, 5.41) is 3.45. The molecule has 1 N–H and O–H groups in total. The van der Waals surface area contributed by atoms with Crippen molar-refractivity contribution in [3.63, 3.8) is 0 Å². The molecule has 0 atom stereocenters. The third-order valence-corrected chi connectivity index (χ3v) is 10.3. The van der Waals surface area contributed by atoms with Crippen molar-refractivity contribution in [2.75, 3.05) is 29.0 Å². The van der Waals surface area contributed by atoms with Crippen molar-refractivity contribution in [1.82, 2.24) is 9.97 Å². The smallest absolute Gasteiger partial charge is 0.273 e. The molecule has 5 aromatic rings. The number of anilines is 2. The van der Waals surface area contributed by atoms with Crippen molar-refractivity contribution < 1.29 is 16.8 Å². The molecule has 0 fully saturated rings. The lowest BCUT2D eigenvalue weighted by molar-refractivity contribution is 0.596. The molecule has 0 unspecified atom stereocenters. The van der Waals surface area contributed by atoms with Crippen molar-refractivity contribution in [1.29, 1.82) is 0 Å². The Kier molecular flexibility index (Phi) is 5.58. The molecule has 0 amide bonds. The molecule has 0 saturated carbocycles. The number of hydrogen-bond donors (Lipinski definition) is 1. The highest BCUT2D eigenvalue weighted by Gasteiger charge is 2.23. The van der Waals surface area contributed by atoms with Crippen molar-refractivity contribution in [2.24, 2.45) is 0 Å². The zero-order valence-corrected chi connectivity index (χ0v) is 21.6. The monoisotopic (exact) mass is 526 g/mol. The van der Waals surface area contributed by atoms with E-state index in [2.05, 4.69) is 9.97 Å². The third-order valence-electron chi connectivity index (χ3n) is 5.97. The van der Waals surface area contributed by atoms with Gasteiger partial charge in [-0.2, -0.15) is 0 Å². The van der Waals surface area contributed by atoms with Crippen LogP contribution in [0.4, 0.5) is 11.4 Å². The van der Waals surface area contributed by atoms with Crippen LogP contribution in [0.2, 0.25) is 0 Å². The summed E-state index contributed by atoms with van der Waals surface area (Å²) in [7, 11) is -3.94. The van der Waals surface area contributed by atoms with E-state index in [0.717, 1.165) is 33.7 Å². The second-order valence-corrected chi connectivity index (χ2v) is 13.3. The molecule has 0 bridgehead atoms. The Morgan fingerprint density at radius 3 is 2.20 bits per heavy atom. The summed E-state index contributed by atoms with van der Waals surface area (Å²) in [4.78, 5) is 7.84. The molecular weight excluding hydrogens is 504 g/mol. The van der Waals surface area contributed by atoms with Crippen LogP contribution in [-0.2, 0) is 20.0 Å². The number of aromatic amines is 1. The maximum absolute atomic E-state index is 13.0. The van der Waals surface area contributed by atoms with Gasteiger partial charge in [-0.15, -0.1) is 11.3 Å². The van der Waals surface area contributed by atoms with Gasteiger partial charge >= 0.3 is 0 Å². The summed E-state index contributed by atoms with van der Waals surface area (Å²) in [6.07, 6.45) is 2.91. The van der Waals surface area contributed by atoms with E-state index in [9.17, 15) is 16.8 Å². The van der Waals surface area contributed by atoms with Gasteiger partial charge in [0.25, 0.3) is 10.0 Å². The summed E-state index contributed by atoms with van der Waals surface area (Å²) in [5.74, 6) is 0. The molecule has 3 heterocycles. The zero-order valence-electron chi connectivity index (χ0n) is 19.1. The van der Waals surface area contributed by atoms with Crippen molar-refractivity contribution in [3.8, 4) is 11.1 Å². The number of aromatic nitrogens is 2. The number of fused-ring (bicyclic) bond motifs is 3. The van der Waals surface area contributed by atoms with Gasteiger partial charge in [0.15, 0.2) is 0 Å². The predicted molar refractivity (Wildman–Crippen MR) is 142 cm³/mol. The number of hydrogen-bond acceptors (Lipinski definition) is 6. The van der Waals surface area contributed by atoms with Crippen molar-refractivity contribution in [3.05, 3.63) is 72.2 Å². The molecule has 0 aliphatic heterocycles. The SMILES string of the molecule is CN(c1ccc(-c2cnc3[nH]c4ccc(N(C)S(=O)(=O)c5cccs5)cc4c3c2)cc1)S(C)(=O)=O. The molecule has 0 aliphatic carbocycles. The first-order valence-corrected chi connectivity index (χ1v) is 14.7. The van der Waals surface area contributed by atoms with Gasteiger partial charge in [0, 0.05) is 42.1 Å². The molecule has 5 rings (SSSR count). The number of sulfonamides is 2. The van der Waals surface area contributed by atoms with E-state index in [4.69, 9.17) is 0 Å². The Bertz CT molecular complexity index is 1760. The maximum atomic E-state index is 13.0. The molecular formula is C24H22N4O4S3. The quantitative estimate of drug-likeness (QED) is 0.346. The van der Waals surface area contributed by atoms with E-state index in [-0.39, 0.29) is 4.21 Å². The minimum atomic E-state index is -3.65. The fourth-order valence-electron chi connectivity index (χ4n) is 3.85. The van der Waals surface area contributed by atoms with E-state index < -0.39 is 20.0 Å². The summed E-state index contributed by atoms with van der Waals surface area (Å²) < 4.78 is 52.4. The fourth-order valence-corrected chi connectivity index (χ4v) is 6.71. The number of H-pyrrole nitrogens is 1. The average molecular weight is 527 g/mol. The van der Waals surface area contributed by atoms with Gasteiger partial charge in [0.2, 0.25) is 10.0 Å². The van der Waals surface area contributed by atoms with E-state index in [1.54, 1.807) is 49.0 Å². The van der Waals surface area contributed by atoms with Gasteiger partial charge in [0.1, 0.15) is 9.86 Å². The molecule has 180 valence electrons. The molecule has 11 heteroatoms. The second kappa shape index (κ2) is 8.36. The molecule has 35 heavy (non-hydrogen) atoms. The van der Waals surface area contributed by atoms with Crippen LogP contribution in [0.3, 0.4) is 0 Å². The predicted octanol–water partition coefficient (Wildman–Crippen LogP) is 4.67. The molecule has 0 spiro atoms. The van der Waals surface area contributed by atoms with Gasteiger partial charge in [-0.25, -0.2) is 21.8 Å². The summed E-state index contributed by atoms with van der Waals surface area (Å²) >= 11 is 1.18. The highest BCUT2D eigenvalue weighted by atomic mass is 32.2. The molecule has 3 aromatic heterocycles. The average Bonchev–Trinajstić information content (AvgIpc) is 3.50. The van der Waals surface area contributed by atoms with Gasteiger partial charge in [0.05, 0.1) is 17.6 Å². The normalized spacial score (nSPS) is 12.3. The topological polar surface area (TPSA) is 103 Å². The molecule has 8 nitrogen and oxygen atoms in total. The standard InChI is InChI=1S/C24H22N4O4S3/c1-27(34(3,29)30)18-8-6-16(7-9-18)17-13-21-20-14-19(10-11-22(20)26-24(21)25-15-17)28(2)35(31,32)23-5-4-12-33-23/h4-15H,1-3H3,(H,25,26). The van der Waals surface area contributed by atoms with Crippen LogP contribution in [0.5, 0.6) is 0 Å². The van der Waals surface area contributed by atoms with Crippen LogP contribution in [0, 0.1) is 0 Å². The summed E-state index contributed by atoms with van der Waals surface area (Å²) in [5.41, 5.74) is 4.39. The lowest BCUT2D eigenvalue weighted by Crippen LogP contribution is -2.25. The first kappa shape index (κ1) is 23.3. The second-order valence-electron chi connectivity index (χ2n) is 8.16. The Morgan fingerprint density at radius 2 is 1.54 bits per heavy atom.